The monoisotopic (exact) mass is 516 g/mol. The Balaban J connectivity index is 1.51. The lowest BCUT2D eigenvalue weighted by molar-refractivity contribution is 0.533. The number of halogens is 1. The topological polar surface area (TPSA) is 32.3 Å². The highest BCUT2D eigenvalue weighted by Gasteiger charge is 2.51. The van der Waals surface area contributed by atoms with E-state index in [-0.39, 0.29) is 6.17 Å². The fourth-order valence-corrected chi connectivity index (χ4v) is 6.45. The van der Waals surface area contributed by atoms with Gasteiger partial charge in [0, 0.05) is 11.4 Å². The lowest BCUT2D eigenvalue weighted by Gasteiger charge is -2.42. The van der Waals surface area contributed by atoms with E-state index in [0.29, 0.717) is 0 Å². The van der Waals surface area contributed by atoms with Crippen LogP contribution in [0.15, 0.2) is 120 Å². The van der Waals surface area contributed by atoms with E-state index in [1.165, 1.54) is 11.1 Å². The second kappa shape index (κ2) is 9.45. The van der Waals surface area contributed by atoms with Crippen molar-refractivity contribution in [1.82, 2.24) is 9.97 Å². The average molecular weight is 517 g/mol. The summed E-state index contributed by atoms with van der Waals surface area (Å²) in [6.45, 7) is 0. The van der Waals surface area contributed by atoms with E-state index < -0.39 is 4.87 Å². The number of hydrogen-bond donors (Lipinski definition) is 0. The molecule has 2 heterocycles. The molecular formula is C33H29ClN4. The summed E-state index contributed by atoms with van der Waals surface area (Å²) in [6.07, 6.45) is 14.0. The van der Waals surface area contributed by atoms with Crippen molar-refractivity contribution in [2.24, 2.45) is 0 Å². The molecule has 0 saturated heterocycles. The van der Waals surface area contributed by atoms with Crippen molar-refractivity contribution in [3.8, 4) is 0 Å². The Kier molecular flexibility index (Phi) is 5.78. The van der Waals surface area contributed by atoms with Crippen LogP contribution in [0.1, 0.15) is 32.1 Å². The maximum absolute atomic E-state index is 7.91. The largest absolute Gasteiger partial charge is 0.300 e. The number of benzene rings is 3. The Hall–Kier alpha value is -3.89. The first kappa shape index (κ1) is 23.2. The van der Waals surface area contributed by atoms with Crippen molar-refractivity contribution in [2.45, 2.75) is 43.1 Å². The van der Waals surface area contributed by atoms with E-state index in [4.69, 9.17) is 21.6 Å². The Morgan fingerprint density at radius 2 is 1.24 bits per heavy atom. The van der Waals surface area contributed by atoms with Crippen molar-refractivity contribution < 1.29 is 0 Å². The van der Waals surface area contributed by atoms with Crippen molar-refractivity contribution in [3.63, 3.8) is 0 Å². The summed E-state index contributed by atoms with van der Waals surface area (Å²) in [6, 6.07) is 29.1. The number of para-hydroxylation sites is 4. The van der Waals surface area contributed by atoms with Crippen LogP contribution >= 0.6 is 11.6 Å². The molecule has 0 radical (unpaired) electrons. The van der Waals surface area contributed by atoms with Crippen LogP contribution in [0.2, 0.25) is 0 Å². The number of anilines is 4. The Bertz CT molecular complexity index is 1490. The molecule has 0 fully saturated rings. The van der Waals surface area contributed by atoms with Gasteiger partial charge in [-0.25, -0.2) is 9.97 Å². The maximum atomic E-state index is 7.91. The molecule has 38 heavy (non-hydrogen) atoms. The molecule has 0 amide bonds. The van der Waals surface area contributed by atoms with Crippen molar-refractivity contribution in [1.29, 1.82) is 0 Å². The van der Waals surface area contributed by atoms with Crippen LogP contribution in [0.4, 0.5) is 23.0 Å². The molecule has 0 N–H and O–H groups in total. The lowest BCUT2D eigenvalue weighted by atomic mass is 9.91. The number of allylic oxidation sites excluding steroid dienone is 5. The summed E-state index contributed by atoms with van der Waals surface area (Å²) < 4.78 is 0. The van der Waals surface area contributed by atoms with Gasteiger partial charge in [0.25, 0.3) is 0 Å². The molecule has 0 saturated carbocycles. The average Bonchev–Trinajstić information content (AvgIpc) is 3.34. The highest BCUT2D eigenvalue weighted by molar-refractivity contribution is 6.27. The molecule has 8 rings (SSSR count). The van der Waals surface area contributed by atoms with E-state index in [0.717, 1.165) is 66.1 Å². The van der Waals surface area contributed by atoms with Crippen molar-refractivity contribution in [3.05, 3.63) is 120 Å². The Morgan fingerprint density at radius 3 is 1.84 bits per heavy atom. The van der Waals surface area contributed by atoms with Crippen LogP contribution in [-0.2, 0) is 0 Å². The summed E-state index contributed by atoms with van der Waals surface area (Å²) in [5.74, 6) is 1.65. The summed E-state index contributed by atoms with van der Waals surface area (Å²) >= 11 is 7.91. The molecule has 4 aliphatic rings. The van der Waals surface area contributed by atoms with E-state index in [1.54, 1.807) is 0 Å². The molecular weight excluding hydrogens is 488 g/mol. The van der Waals surface area contributed by atoms with Crippen LogP contribution in [-0.4, -0.2) is 21.0 Å². The van der Waals surface area contributed by atoms with Crippen LogP contribution in [0.5, 0.6) is 0 Å². The van der Waals surface area contributed by atoms with Crippen molar-refractivity contribution in [2.75, 3.05) is 9.80 Å². The van der Waals surface area contributed by atoms with E-state index >= 15 is 0 Å². The number of alkyl halides is 1. The van der Waals surface area contributed by atoms with Gasteiger partial charge in [0.05, 0.1) is 11.0 Å². The molecule has 4 aromatic rings. The van der Waals surface area contributed by atoms with Crippen LogP contribution in [0.3, 0.4) is 0 Å². The minimum absolute atomic E-state index is 0.280. The van der Waals surface area contributed by atoms with Gasteiger partial charge in [0.2, 0.25) is 0 Å². The summed E-state index contributed by atoms with van der Waals surface area (Å²) in [5, 5.41) is 0. The zero-order valence-electron chi connectivity index (χ0n) is 21.2. The number of aromatic nitrogens is 2. The van der Waals surface area contributed by atoms with Gasteiger partial charge in [-0.15, -0.1) is 11.6 Å². The molecule has 1 unspecified atom stereocenters. The van der Waals surface area contributed by atoms with E-state index in [1.807, 2.05) is 36.4 Å². The normalized spacial score (nSPS) is 22.2. The smallest absolute Gasteiger partial charge is 0.179 e. The SMILES string of the molecule is ClC1(C2N(c3ccccc3)c3nc4ccccc4nc3N2c2ccccc2)/C=C\C2=CCCC(=CCC2)C1. The number of nitrogens with zero attached hydrogens (tertiary/aromatic N) is 4. The first-order valence-electron chi connectivity index (χ1n) is 13.4. The molecule has 4 nitrogen and oxygen atoms in total. The molecule has 1 aliphatic heterocycles. The van der Waals surface area contributed by atoms with Crippen LogP contribution in [0.25, 0.3) is 11.0 Å². The minimum atomic E-state index is -0.736. The number of hydrogen-bond acceptors (Lipinski definition) is 4. The van der Waals surface area contributed by atoms with Crippen molar-refractivity contribution >= 4 is 45.6 Å². The molecule has 1 atom stereocenters. The summed E-state index contributed by atoms with van der Waals surface area (Å²) in [4.78, 5) is 14.3. The van der Waals surface area contributed by atoms with Gasteiger partial charge >= 0.3 is 0 Å². The van der Waals surface area contributed by atoms with Gasteiger partial charge in [-0.1, -0.05) is 84.0 Å². The van der Waals surface area contributed by atoms with Gasteiger partial charge in [-0.3, -0.25) is 9.80 Å². The first-order chi connectivity index (χ1) is 18.7. The quantitative estimate of drug-likeness (QED) is 0.201. The molecule has 5 heteroatoms. The summed E-state index contributed by atoms with van der Waals surface area (Å²) in [5.41, 5.74) is 6.63. The zero-order valence-corrected chi connectivity index (χ0v) is 21.9. The third-order valence-corrected chi connectivity index (χ3v) is 8.24. The zero-order chi connectivity index (χ0) is 25.5. The number of fused-ring (bicyclic) bond motifs is 8. The Morgan fingerprint density at radius 1 is 0.684 bits per heavy atom. The Labute approximate surface area is 228 Å². The fourth-order valence-electron chi connectivity index (χ4n) is 6.02. The predicted molar refractivity (Wildman–Crippen MR) is 157 cm³/mol. The molecule has 2 bridgehead atoms. The van der Waals surface area contributed by atoms with Gasteiger partial charge in [-0.05, 0) is 68.5 Å². The highest BCUT2D eigenvalue weighted by atomic mass is 35.5. The first-order valence-corrected chi connectivity index (χ1v) is 13.8. The van der Waals surface area contributed by atoms with E-state index in [2.05, 4.69) is 82.6 Å². The minimum Gasteiger partial charge on any atom is -0.300 e. The molecule has 3 aromatic carbocycles. The molecule has 1 aromatic heterocycles. The highest BCUT2D eigenvalue weighted by Crippen LogP contribution is 2.52. The van der Waals surface area contributed by atoms with Gasteiger partial charge < -0.3 is 0 Å². The maximum Gasteiger partial charge on any atom is 0.179 e. The lowest BCUT2D eigenvalue weighted by Crippen LogP contribution is -2.53. The fraction of sp³-hybridized carbons (Fsp3) is 0.212. The van der Waals surface area contributed by atoms with Crippen LogP contribution in [0, 0.1) is 0 Å². The number of rotatable bonds is 3. The third kappa shape index (κ3) is 4.00. The van der Waals surface area contributed by atoms with Gasteiger partial charge in [0.15, 0.2) is 11.6 Å². The second-order valence-corrected chi connectivity index (χ2v) is 11.0. The molecule has 0 spiro atoms. The van der Waals surface area contributed by atoms with Crippen LogP contribution < -0.4 is 9.80 Å². The summed E-state index contributed by atoms with van der Waals surface area (Å²) in [7, 11) is 0. The molecule has 3 aliphatic carbocycles. The standard InChI is InChI=1S/C33H29ClN4/c34-33(22-21-24-11-9-13-25(23-33)14-10-12-24)32-37(26-15-3-1-4-16-26)30-31(38(32)27-17-5-2-6-18-27)36-29-20-8-7-19-28(29)35-30/h1-8,11,14-22,32H,9-10,12-13,23H2/b22-21-,24-11?,25-14?. The van der Waals surface area contributed by atoms with E-state index in [9.17, 15) is 0 Å². The second-order valence-electron chi connectivity index (χ2n) is 10.3. The van der Waals surface area contributed by atoms with Gasteiger partial charge in [0.1, 0.15) is 11.0 Å². The predicted octanol–water partition coefficient (Wildman–Crippen LogP) is 8.61. The molecule has 188 valence electrons. The van der Waals surface area contributed by atoms with Gasteiger partial charge in [-0.2, -0.15) is 0 Å². The third-order valence-electron chi connectivity index (χ3n) is 7.79.